The predicted octanol–water partition coefficient (Wildman–Crippen LogP) is 2.06. The molecular weight excluding hydrogens is 457 g/mol. The van der Waals surface area contributed by atoms with E-state index in [1.165, 1.54) is 13.3 Å². The lowest BCUT2D eigenvalue weighted by Gasteiger charge is -2.36. The predicted molar refractivity (Wildman–Crippen MR) is 127 cm³/mol. The molecule has 4 N–H and O–H groups in total. The molecule has 186 valence electrons. The number of anilines is 1. The first-order chi connectivity index (χ1) is 16.9. The van der Waals surface area contributed by atoms with Crippen molar-refractivity contribution in [2.24, 2.45) is 5.84 Å². The van der Waals surface area contributed by atoms with E-state index in [1.54, 1.807) is 4.57 Å². The van der Waals surface area contributed by atoms with E-state index in [0.29, 0.717) is 50.5 Å². The number of carbonyl (C=O) groups is 1. The van der Waals surface area contributed by atoms with Gasteiger partial charge in [-0.15, -0.1) is 0 Å². The molecule has 0 unspecified atom stereocenters. The number of pyridine rings is 1. The number of hydrogen-bond acceptors (Lipinski definition) is 8. The highest BCUT2D eigenvalue weighted by Gasteiger charge is 2.32. The lowest BCUT2D eigenvalue weighted by atomic mass is 10.1. The summed E-state index contributed by atoms with van der Waals surface area (Å²) in [6.45, 7) is 3.55. The SMILES string of the molecule is COc1c(N2CCN(Cc3ccc(CNN)o3)CC2)c(F)cc2c(=O)c(C(=O)O)cn(C3CC3)c12. The van der Waals surface area contributed by atoms with E-state index in [0.717, 1.165) is 30.4 Å². The molecule has 2 fully saturated rings. The van der Waals surface area contributed by atoms with Gasteiger partial charge in [0.05, 0.1) is 31.1 Å². The van der Waals surface area contributed by atoms with Gasteiger partial charge in [-0.2, -0.15) is 0 Å². The second-order valence-corrected chi connectivity index (χ2v) is 8.96. The average molecular weight is 486 g/mol. The zero-order valence-corrected chi connectivity index (χ0v) is 19.4. The molecule has 1 saturated carbocycles. The van der Waals surface area contributed by atoms with Crippen molar-refractivity contribution in [3.05, 3.63) is 57.5 Å². The molecule has 0 radical (unpaired) electrons. The van der Waals surface area contributed by atoms with Crippen LogP contribution in [0.3, 0.4) is 0 Å². The third kappa shape index (κ3) is 4.38. The fourth-order valence-electron chi connectivity index (χ4n) is 4.78. The van der Waals surface area contributed by atoms with Crippen molar-refractivity contribution in [1.29, 1.82) is 0 Å². The lowest BCUT2D eigenvalue weighted by molar-refractivity contribution is 0.0694. The summed E-state index contributed by atoms with van der Waals surface area (Å²) in [6.07, 6.45) is 3.09. The third-order valence-electron chi connectivity index (χ3n) is 6.63. The number of nitrogens with two attached hydrogens (primary N) is 1. The van der Waals surface area contributed by atoms with E-state index in [1.807, 2.05) is 17.0 Å². The van der Waals surface area contributed by atoms with Crippen LogP contribution in [0.5, 0.6) is 5.75 Å². The number of nitrogens with zero attached hydrogens (tertiary/aromatic N) is 3. The molecule has 1 saturated heterocycles. The molecular formula is C24H28FN5O5. The Bertz CT molecular complexity index is 1320. The average Bonchev–Trinajstić information content (AvgIpc) is 3.59. The van der Waals surface area contributed by atoms with E-state index >= 15 is 4.39 Å². The molecule has 1 aliphatic carbocycles. The van der Waals surface area contributed by atoms with Crippen LogP contribution in [0.25, 0.3) is 10.9 Å². The van der Waals surface area contributed by atoms with E-state index in [4.69, 9.17) is 15.0 Å². The lowest BCUT2D eigenvalue weighted by Crippen LogP contribution is -2.46. The van der Waals surface area contributed by atoms with Crippen molar-refractivity contribution in [1.82, 2.24) is 14.9 Å². The zero-order valence-electron chi connectivity index (χ0n) is 19.4. The van der Waals surface area contributed by atoms with Crippen molar-refractivity contribution in [3.8, 4) is 5.75 Å². The maximum Gasteiger partial charge on any atom is 0.341 e. The van der Waals surface area contributed by atoms with Gasteiger partial charge in [0, 0.05) is 38.4 Å². The third-order valence-corrected chi connectivity index (χ3v) is 6.63. The van der Waals surface area contributed by atoms with Gasteiger partial charge in [0.15, 0.2) is 11.6 Å². The number of hydrazine groups is 1. The Morgan fingerprint density at radius 2 is 1.97 bits per heavy atom. The van der Waals surface area contributed by atoms with Crippen LogP contribution in [0.15, 0.2) is 33.6 Å². The van der Waals surface area contributed by atoms with Gasteiger partial charge in [0.25, 0.3) is 0 Å². The van der Waals surface area contributed by atoms with Crippen molar-refractivity contribution >= 4 is 22.6 Å². The molecule has 5 rings (SSSR count). The Labute approximate surface area is 200 Å². The minimum atomic E-state index is -1.33. The van der Waals surface area contributed by atoms with Gasteiger partial charge in [0.1, 0.15) is 22.8 Å². The number of aromatic carboxylic acids is 1. The van der Waals surface area contributed by atoms with Gasteiger partial charge in [-0.3, -0.25) is 21.0 Å². The van der Waals surface area contributed by atoms with Crippen molar-refractivity contribution in [2.45, 2.75) is 32.0 Å². The number of aromatic nitrogens is 1. The molecule has 0 bridgehead atoms. The molecule has 0 spiro atoms. The molecule has 3 aromatic rings. The second-order valence-electron chi connectivity index (χ2n) is 8.96. The Kier molecular flexibility index (Phi) is 6.22. The highest BCUT2D eigenvalue weighted by atomic mass is 19.1. The van der Waals surface area contributed by atoms with Crippen LogP contribution in [0.1, 0.15) is 40.8 Å². The van der Waals surface area contributed by atoms with E-state index in [2.05, 4.69) is 10.3 Å². The first-order valence-corrected chi connectivity index (χ1v) is 11.6. The minimum absolute atomic E-state index is 0.0223. The largest absolute Gasteiger partial charge is 0.492 e. The number of ether oxygens (including phenoxy) is 1. The second kappa shape index (κ2) is 9.33. The van der Waals surface area contributed by atoms with Crippen LogP contribution in [-0.4, -0.2) is 53.8 Å². The normalized spacial score (nSPS) is 16.7. The number of benzene rings is 1. The van der Waals surface area contributed by atoms with Crippen molar-refractivity contribution in [2.75, 3.05) is 38.2 Å². The van der Waals surface area contributed by atoms with Crippen molar-refractivity contribution < 1.29 is 23.4 Å². The van der Waals surface area contributed by atoms with Crippen LogP contribution < -0.4 is 26.3 Å². The Balaban J connectivity index is 1.45. The van der Waals surface area contributed by atoms with Crippen LogP contribution in [0.2, 0.25) is 0 Å². The monoisotopic (exact) mass is 485 g/mol. The fourth-order valence-corrected chi connectivity index (χ4v) is 4.78. The number of rotatable bonds is 8. The van der Waals surface area contributed by atoms with Gasteiger partial charge in [0.2, 0.25) is 5.43 Å². The Morgan fingerprint density at radius 1 is 1.26 bits per heavy atom. The Hall–Kier alpha value is -3.41. The van der Waals surface area contributed by atoms with Gasteiger partial charge in [-0.25, -0.2) is 9.18 Å². The van der Waals surface area contributed by atoms with Crippen LogP contribution in [-0.2, 0) is 13.1 Å². The smallest absolute Gasteiger partial charge is 0.341 e. The maximum atomic E-state index is 15.5. The maximum absolute atomic E-state index is 15.5. The fraction of sp³-hybridized carbons (Fsp3) is 0.417. The summed E-state index contributed by atoms with van der Waals surface area (Å²) in [5.41, 5.74) is 2.24. The van der Waals surface area contributed by atoms with Crippen molar-refractivity contribution in [3.63, 3.8) is 0 Å². The highest BCUT2D eigenvalue weighted by molar-refractivity contribution is 5.97. The topological polar surface area (TPSA) is 126 Å². The molecule has 1 aliphatic heterocycles. The highest BCUT2D eigenvalue weighted by Crippen LogP contribution is 2.43. The molecule has 11 heteroatoms. The summed E-state index contributed by atoms with van der Waals surface area (Å²) >= 11 is 0. The number of furan rings is 1. The van der Waals surface area contributed by atoms with E-state index in [9.17, 15) is 14.7 Å². The van der Waals surface area contributed by atoms with Gasteiger partial charge in [-0.05, 0) is 31.0 Å². The minimum Gasteiger partial charge on any atom is -0.492 e. The number of piperazine rings is 1. The molecule has 3 heterocycles. The number of nitrogens with one attached hydrogen (secondary N) is 1. The van der Waals surface area contributed by atoms with Crippen LogP contribution in [0, 0.1) is 5.82 Å². The quantitative estimate of drug-likeness (QED) is 0.325. The standard InChI is InChI=1S/C24H28FN5O5/c1-34-23-20-17(22(31)18(24(32)33)13-30(20)14-2-3-14)10-19(25)21(23)29-8-6-28(7-9-29)12-16-5-4-15(35-16)11-27-26/h4-5,10,13-14,27H,2-3,6-9,11-12,26H2,1H3,(H,32,33). The summed E-state index contributed by atoms with van der Waals surface area (Å²) in [5, 5.41) is 9.52. The zero-order chi connectivity index (χ0) is 24.7. The molecule has 10 nitrogen and oxygen atoms in total. The number of halogens is 1. The number of methoxy groups -OCH3 is 1. The summed E-state index contributed by atoms with van der Waals surface area (Å²) in [4.78, 5) is 28.7. The summed E-state index contributed by atoms with van der Waals surface area (Å²) in [7, 11) is 1.45. The number of carboxylic acids is 1. The summed E-state index contributed by atoms with van der Waals surface area (Å²) in [5.74, 6) is 5.27. The van der Waals surface area contributed by atoms with Crippen LogP contribution >= 0.6 is 0 Å². The van der Waals surface area contributed by atoms with E-state index < -0.39 is 17.2 Å². The first-order valence-electron chi connectivity index (χ1n) is 11.6. The van der Waals surface area contributed by atoms with Gasteiger partial charge < -0.3 is 23.7 Å². The first kappa shape index (κ1) is 23.3. The Morgan fingerprint density at radius 3 is 2.60 bits per heavy atom. The van der Waals surface area contributed by atoms with E-state index in [-0.39, 0.29) is 22.7 Å². The van der Waals surface area contributed by atoms with Gasteiger partial charge >= 0.3 is 5.97 Å². The molecule has 1 aromatic carbocycles. The summed E-state index contributed by atoms with van der Waals surface area (Å²) < 4.78 is 28.7. The molecule has 0 amide bonds. The number of hydrogen-bond donors (Lipinski definition) is 3. The molecule has 2 aliphatic rings. The molecule has 0 atom stereocenters. The van der Waals surface area contributed by atoms with Gasteiger partial charge in [-0.1, -0.05) is 0 Å². The summed E-state index contributed by atoms with van der Waals surface area (Å²) in [6, 6.07) is 5.03. The van der Waals surface area contributed by atoms with Crippen LogP contribution in [0.4, 0.5) is 10.1 Å². The number of fused-ring (bicyclic) bond motifs is 1. The molecule has 35 heavy (non-hydrogen) atoms. The molecule has 2 aromatic heterocycles. The number of carboxylic acid groups (broad SMARTS) is 1.